The average molecular weight is 378 g/mol. The Labute approximate surface area is 160 Å². The van der Waals surface area contributed by atoms with E-state index in [9.17, 15) is 4.79 Å². The Morgan fingerprint density at radius 3 is 2.74 bits per heavy atom. The molecule has 27 heavy (non-hydrogen) atoms. The zero-order valence-corrected chi connectivity index (χ0v) is 15.8. The summed E-state index contributed by atoms with van der Waals surface area (Å²) in [6.07, 6.45) is 5.56. The first-order valence-corrected chi connectivity index (χ1v) is 9.42. The molecule has 0 bridgehead atoms. The van der Waals surface area contributed by atoms with Gasteiger partial charge in [-0.15, -0.1) is 11.3 Å². The largest absolute Gasteiger partial charge is 0.497 e. The molecule has 3 heterocycles. The molecule has 0 fully saturated rings. The molecule has 136 valence electrons. The number of ether oxygens (including phenoxy) is 1. The van der Waals surface area contributed by atoms with Gasteiger partial charge in [-0.25, -0.2) is 9.50 Å². The first kappa shape index (κ1) is 17.2. The normalized spacial score (nSPS) is 10.9. The van der Waals surface area contributed by atoms with Gasteiger partial charge in [0.2, 0.25) is 0 Å². The predicted octanol–water partition coefficient (Wildman–Crippen LogP) is 3.88. The maximum atomic E-state index is 12.0. The third kappa shape index (κ3) is 3.29. The van der Waals surface area contributed by atoms with Crippen LogP contribution in [0.5, 0.6) is 5.75 Å². The zero-order chi connectivity index (χ0) is 18.8. The molecule has 0 spiro atoms. The van der Waals surface area contributed by atoms with Crippen LogP contribution in [0.15, 0.2) is 54.3 Å². The van der Waals surface area contributed by atoms with Crippen LogP contribution in [0.1, 0.15) is 16.6 Å². The Morgan fingerprint density at radius 1 is 1.19 bits per heavy atom. The molecule has 0 saturated heterocycles. The third-order valence-corrected chi connectivity index (χ3v) is 5.18. The van der Waals surface area contributed by atoms with Crippen LogP contribution in [-0.2, 0) is 0 Å². The fraction of sp³-hybridized carbons (Fsp3) is 0.150. The molecule has 1 N–H and O–H groups in total. The highest BCUT2D eigenvalue weighted by Gasteiger charge is 2.14. The number of rotatable bonds is 5. The van der Waals surface area contributed by atoms with Gasteiger partial charge in [-0.05, 0) is 41.6 Å². The summed E-state index contributed by atoms with van der Waals surface area (Å²) in [5.41, 5.74) is 4.61. The molecular formula is C20H18N4O2S. The number of hydrogen-bond acceptors (Lipinski definition) is 5. The van der Waals surface area contributed by atoms with Crippen molar-refractivity contribution in [1.82, 2.24) is 19.9 Å². The Bertz CT molecular complexity index is 1100. The Hall–Kier alpha value is -3.19. The molecule has 0 aliphatic heterocycles. The number of aromatic nitrogens is 3. The number of benzene rings is 1. The van der Waals surface area contributed by atoms with Gasteiger partial charge in [0.05, 0.1) is 18.2 Å². The number of fused-ring (bicyclic) bond motifs is 1. The summed E-state index contributed by atoms with van der Waals surface area (Å²) in [6, 6.07) is 9.70. The number of nitrogens with zero attached hydrogens (tertiary/aromatic N) is 3. The summed E-state index contributed by atoms with van der Waals surface area (Å²) < 4.78 is 6.96. The molecule has 7 heteroatoms. The van der Waals surface area contributed by atoms with Crippen molar-refractivity contribution in [2.24, 2.45) is 0 Å². The molecule has 4 aromatic rings. The van der Waals surface area contributed by atoms with Crippen LogP contribution in [0.25, 0.3) is 27.9 Å². The van der Waals surface area contributed by atoms with Crippen molar-refractivity contribution in [3.8, 4) is 28.0 Å². The Kier molecular flexibility index (Phi) is 4.60. The minimum absolute atomic E-state index is 0.0556. The highest BCUT2D eigenvalue weighted by molar-refractivity contribution is 7.12. The number of thiophene rings is 1. The monoisotopic (exact) mass is 378 g/mol. The minimum Gasteiger partial charge on any atom is -0.497 e. The molecule has 3 aromatic heterocycles. The summed E-state index contributed by atoms with van der Waals surface area (Å²) in [5.74, 6) is 0.759. The summed E-state index contributed by atoms with van der Waals surface area (Å²) >= 11 is 1.42. The first-order chi connectivity index (χ1) is 13.2. The predicted molar refractivity (Wildman–Crippen MR) is 106 cm³/mol. The lowest BCUT2D eigenvalue weighted by Gasteiger charge is -2.04. The Morgan fingerprint density at radius 2 is 2.00 bits per heavy atom. The van der Waals surface area contributed by atoms with Crippen molar-refractivity contribution >= 4 is 22.9 Å². The van der Waals surface area contributed by atoms with E-state index < -0.39 is 0 Å². The SMILES string of the molecule is CCNC(=O)c1cc(-c2cnn3cc(-c4ccc(OC)cc4)cnc23)cs1. The molecular weight excluding hydrogens is 360 g/mol. The first-order valence-electron chi connectivity index (χ1n) is 8.54. The lowest BCUT2D eigenvalue weighted by Crippen LogP contribution is -2.21. The lowest BCUT2D eigenvalue weighted by atomic mass is 10.1. The van der Waals surface area contributed by atoms with Crippen LogP contribution in [-0.4, -0.2) is 34.2 Å². The van der Waals surface area contributed by atoms with Gasteiger partial charge in [-0.1, -0.05) is 12.1 Å². The van der Waals surface area contributed by atoms with Gasteiger partial charge >= 0.3 is 0 Å². The molecule has 4 rings (SSSR count). The number of carbonyl (C=O) groups excluding carboxylic acids is 1. The maximum Gasteiger partial charge on any atom is 0.261 e. The maximum absolute atomic E-state index is 12.0. The quantitative estimate of drug-likeness (QED) is 0.572. The zero-order valence-electron chi connectivity index (χ0n) is 15.0. The number of nitrogens with one attached hydrogen (secondary N) is 1. The van der Waals surface area contributed by atoms with Crippen LogP contribution in [0, 0.1) is 0 Å². The second-order valence-electron chi connectivity index (χ2n) is 5.96. The van der Waals surface area contributed by atoms with E-state index in [4.69, 9.17) is 4.74 Å². The number of amides is 1. The van der Waals surface area contributed by atoms with E-state index in [1.807, 2.05) is 55.0 Å². The van der Waals surface area contributed by atoms with Crippen LogP contribution in [0.2, 0.25) is 0 Å². The van der Waals surface area contributed by atoms with Gasteiger partial charge in [0, 0.05) is 30.1 Å². The van der Waals surface area contributed by atoms with E-state index in [2.05, 4.69) is 15.4 Å². The standard InChI is InChI=1S/C20H18N4O2S/c1-3-21-20(25)18-8-14(12-27-18)17-10-23-24-11-15(9-22-19(17)24)13-4-6-16(26-2)7-5-13/h4-12H,3H2,1-2H3,(H,21,25). The average Bonchev–Trinajstić information content (AvgIpc) is 3.34. The molecule has 1 aromatic carbocycles. The molecule has 0 aliphatic rings. The Balaban J connectivity index is 1.67. The van der Waals surface area contributed by atoms with Crippen LogP contribution in [0.4, 0.5) is 0 Å². The molecule has 1 amide bonds. The van der Waals surface area contributed by atoms with Crippen LogP contribution >= 0.6 is 11.3 Å². The fourth-order valence-electron chi connectivity index (χ4n) is 2.86. The summed E-state index contributed by atoms with van der Waals surface area (Å²) in [6.45, 7) is 2.51. The van der Waals surface area contributed by atoms with Gasteiger partial charge in [0.15, 0.2) is 5.65 Å². The van der Waals surface area contributed by atoms with Crippen molar-refractivity contribution in [1.29, 1.82) is 0 Å². The number of methoxy groups -OCH3 is 1. The molecule has 6 nitrogen and oxygen atoms in total. The van der Waals surface area contributed by atoms with Gasteiger partial charge in [-0.2, -0.15) is 5.10 Å². The highest BCUT2D eigenvalue weighted by Crippen LogP contribution is 2.29. The summed E-state index contributed by atoms with van der Waals surface area (Å²) in [5, 5.41) is 9.22. The van der Waals surface area contributed by atoms with E-state index >= 15 is 0 Å². The number of carbonyl (C=O) groups is 1. The van der Waals surface area contributed by atoms with E-state index in [1.54, 1.807) is 17.8 Å². The van der Waals surface area contributed by atoms with Gasteiger partial charge < -0.3 is 10.1 Å². The van der Waals surface area contributed by atoms with Gasteiger partial charge in [0.1, 0.15) is 5.75 Å². The number of hydrogen-bond donors (Lipinski definition) is 1. The van der Waals surface area contributed by atoms with E-state index in [0.717, 1.165) is 33.7 Å². The summed E-state index contributed by atoms with van der Waals surface area (Å²) in [7, 11) is 1.65. The van der Waals surface area contributed by atoms with Gasteiger partial charge in [0.25, 0.3) is 5.91 Å². The third-order valence-electron chi connectivity index (χ3n) is 4.25. The van der Waals surface area contributed by atoms with Crippen molar-refractivity contribution < 1.29 is 9.53 Å². The topological polar surface area (TPSA) is 68.5 Å². The van der Waals surface area contributed by atoms with Crippen LogP contribution < -0.4 is 10.1 Å². The smallest absolute Gasteiger partial charge is 0.261 e. The van der Waals surface area contributed by atoms with Crippen LogP contribution in [0.3, 0.4) is 0 Å². The van der Waals surface area contributed by atoms with Crippen molar-refractivity contribution in [3.63, 3.8) is 0 Å². The molecule has 0 saturated carbocycles. The second kappa shape index (κ2) is 7.20. The molecule has 0 unspecified atom stereocenters. The lowest BCUT2D eigenvalue weighted by molar-refractivity contribution is 0.0960. The van der Waals surface area contributed by atoms with Crippen molar-refractivity contribution in [2.45, 2.75) is 6.92 Å². The molecule has 0 aliphatic carbocycles. The van der Waals surface area contributed by atoms with Gasteiger partial charge in [-0.3, -0.25) is 4.79 Å². The van der Waals surface area contributed by atoms with Crippen molar-refractivity contribution in [2.75, 3.05) is 13.7 Å². The second-order valence-corrected chi connectivity index (χ2v) is 6.87. The van der Waals surface area contributed by atoms with E-state index in [1.165, 1.54) is 11.3 Å². The van der Waals surface area contributed by atoms with E-state index in [0.29, 0.717) is 11.4 Å². The van der Waals surface area contributed by atoms with E-state index in [-0.39, 0.29) is 5.91 Å². The molecule has 0 atom stereocenters. The fourth-order valence-corrected chi connectivity index (χ4v) is 3.68. The van der Waals surface area contributed by atoms with Crippen molar-refractivity contribution in [3.05, 3.63) is 59.2 Å². The highest BCUT2D eigenvalue weighted by atomic mass is 32.1. The summed E-state index contributed by atoms with van der Waals surface area (Å²) in [4.78, 5) is 17.3. The molecule has 0 radical (unpaired) electrons. The minimum atomic E-state index is -0.0556.